The van der Waals surface area contributed by atoms with Gasteiger partial charge in [-0.25, -0.2) is 15.0 Å². The van der Waals surface area contributed by atoms with Crippen LogP contribution in [-0.2, 0) is 13.0 Å². The van der Waals surface area contributed by atoms with E-state index in [0.29, 0.717) is 35.9 Å². The number of anilines is 2. The fourth-order valence-corrected chi connectivity index (χ4v) is 5.18. The highest BCUT2D eigenvalue weighted by Gasteiger charge is 2.28. The van der Waals surface area contributed by atoms with Crippen molar-refractivity contribution in [2.45, 2.75) is 25.9 Å². The van der Waals surface area contributed by atoms with Gasteiger partial charge in [-0.1, -0.05) is 30.3 Å². The Morgan fingerprint density at radius 1 is 1.13 bits per heavy atom. The molecule has 1 aliphatic rings. The number of H-pyrrole nitrogens is 1. The van der Waals surface area contributed by atoms with Crippen LogP contribution in [0, 0.1) is 6.92 Å². The first-order valence-electron chi connectivity index (χ1n) is 12.3. The number of carbonyl (C=O) groups excluding carboxylic acids is 1. The minimum absolute atomic E-state index is 0.0299. The number of nitrogen functional groups attached to an aromatic ring is 1. The first kappa shape index (κ1) is 23.6. The lowest BCUT2D eigenvalue weighted by Crippen LogP contribution is -2.43. The van der Waals surface area contributed by atoms with E-state index in [9.17, 15) is 9.90 Å². The maximum atomic E-state index is 12.4. The number of rotatable bonds is 5. The minimum atomic E-state index is -0.732. The normalized spacial score (nSPS) is 15.0. The summed E-state index contributed by atoms with van der Waals surface area (Å²) in [6.07, 6.45) is 4.06. The van der Waals surface area contributed by atoms with Gasteiger partial charge in [0, 0.05) is 23.7 Å². The van der Waals surface area contributed by atoms with Crippen LogP contribution in [-0.4, -0.2) is 48.8 Å². The molecule has 1 atom stereocenters. The highest BCUT2D eigenvalue weighted by molar-refractivity contribution is 6.05. The molecule has 3 aromatic heterocycles. The summed E-state index contributed by atoms with van der Waals surface area (Å²) in [5, 5.41) is 18.2. The number of aliphatic hydroxyl groups excluding tert-OH is 1. The van der Waals surface area contributed by atoms with Crippen molar-refractivity contribution in [1.82, 2.24) is 25.1 Å². The van der Waals surface area contributed by atoms with Gasteiger partial charge in [-0.2, -0.15) is 5.10 Å². The Morgan fingerprint density at radius 3 is 2.74 bits per heavy atom. The number of pyridine rings is 1. The fraction of sp³-hybridized carbons (Fsp3) is 0.179. The van der Waals surface area contributed by atoms with Crippen molar-refractivity contribution in [3.8, 4) is 22.5 Å². The van der Waals surface area contributed by atoms with Gasteiger partial charge in [-0.3, -0.25) is 9.89 Å². The Hall–Kier alpha value is -4.83. The van der Waals surface area contributed by atoms with Gasteiger partial charge in [0.2, 0.25) is 5.95 Å². The van der Waals surface area contributed by atoms with Gasteiger partial charge in [-0.05, 0) is 53.8 Å². The summed E-state index contributed by atoms with van der Waals surface area (Å²) in [4.78, 5) is 28.2. The van der Waals surface area contributed by atoms with Crippen molar-refractivity contribution >= 4 is 28.4 Å². The molecule has 0 unspecified atom stereocenters. The molecule has 5 aromatic rings. The third-order valence-electron chi connectivity index (χ3n) is 7.12. The van der Waals surface area contributed by atoms with Crippen molar-refractivity contribution in [1.29, 1.82) is 0 Å². The predicted molar refractivity (Wildman–Crippen MR) is 145 cm³/mol. The quantitative estimate of drug-likeness (QED) is 0.283. The van der Waals surface area contributed by atoms with Crippen LogP contribution in [0.4, 0.5) is 11.6 Å². The molecule has 0 spiro atoms. The lowest BCUT2D eigenvalue weighted by molar-refractivity contribution is 0.0996. The zero-order valence-electron chi connectivity index (χ0n) is 20.7. The molecule has 0 aliphatic carbocycles. The van der Waals surface area contributed by atoms with E-state index in [0.717, 1.165) is 22.0 Å². The van der Waals surface area contributed by atoms with E-state index in [4.69, 9.17) is 16.5 Å². The summed E-state index contributed by atoms with van der Waals surface area (Å²) in [7, 11) is 0. The summed E-state index contributed by atoms with van der Waals surface area (Å²) in [6, 6.07) is 15.5. The zero-order valence-corrected chi connectivity index (χ0v) is 20.7. The summed E-state index contributed by atoms with van der Waals surface area (Å²) in [5.74, 6) is -0.269. The Labute approximate surface area is 218 Å². The number of hydrogen-bond acceptors (Lipinski definition) is 8. The number of nitrogens with two attached hydrogens (primary N) is 2. The minimum Gasteiger partial charge on any atom is -0.396 e. The van der Waals surface area contributed by atoms with Gasteiger partial charge in [-0.15, -0.1) is 0 Å². The summed E-state index contributed by atoms with van der Waals surface area (Å²) >= 11 is 0. The second kappa shape index (κ2) is 9.24. The number of hydrogen-bond donors (Lipinski definition) is 4. The number of aromatic nitrogens is 5. The number of nitrogens with zero attached hydrogens (tertiary/aromatic N) is 5. The lowest BCUT2D eigenvalue weighted by atomic mass is 9.94. The van der Waals surface area contributed by atoms with Gasteiger partial charge in [0.25, 0.3) is 5.91 Å². The van der Waals surface area contributed by atoms with Gasteiger partial charge in [0.15, 0.2) is 5.69 Å². The third-order valence-corrected chi connectivity index (χ3v) is 7.12. The predicted octanol–water partition coefficient (Wildman–Crippen LogP) is 3.00. The molecule has 4 heterocycles. The van der Waals surface area contributed by atoms with E-state index in [2.05, 4.69) is 32.3 Å². The molecule has 0 radical (unpaired) electrons. The SMILES string of the molecule is Cc1ccc2[nH]ncc2c1-c1cc(-c2ccnc(N3Cc4ccccc4C[C@H]3CO)n2)nc(C(N)=O)c1N. The molecule has 6 rings (SSSR count). The average molecular weight is 507 g/mol. The van der Waals surface area contributed by atoms with Crippen LogP contribution >= 0.6 is 0 Å². The standard InChI is InChI=1S/C28H26N8O2/c1-15-6-7-21-20(12-32-35-21)24(15)19-11-23(33-26(25(19)29)27(30)38)22-8-9-31-28(34-22)36-13-17-5-3-2-4-16(17)10-18(36)14-37/h2-9,11-12,18,37H,10,13-14,29H2,1H3,(H2,30,38)(H,32,35)/t18-/m0/s1. The Bertz CT molecular complexity index is 1700. The third kappa shape index (κ3) is 3.91. The number of aliphatic hydroxyl groups is 1. The van der Waals surface area contributed by atoms with Crippen LogP contribution in [0.15, 0.2) is 60.9 Å². The first-order chi connectivity index (χ1) is 18.4. The Balaban J connectivity index is 1.49. The fourth-order valence-electron chi connectivity index (χ4n) is 5.18. The number of carbonyl (C=O) groups is 1. The van der Waals surface area contributed by atoms with Crippen molar-refractivity contribution in [3.05, 3.63) is 83.3 Å². The number of primary amides is 1. The topological polar surface area (TPSA) is 160 Å². The second-order valence-electron chi connectivity index (χ2n) is 9.45. The van der Waals surface area contributed by atoms with Crippen molar-refractivity contribution in [3.63, 3.8) is 0 Å². The Kier molecular flexibility index (Phi) is 5.73. The second-order valence-corrected chi connectivity index (χ2v) is 9.45. The summed E-state index contributed by atoms with van der Waals surface area (Å²) in [5.41, 5.74) is 18.9. The van der Waals surface area contributed by atoms with Crippen molar-refractivity contribution in [2.75, 3.05) is 17.2 Å². The molecule has 0 fully saturated rings. The van der Waals surface area contributed by atoms with Crippen LogP contribution in [0.5, 0.6) is 0 Å². The molecule has 2 aromatic carbocycles. The number of aromatic amines is 1. The highest BCUT2D eigenvalue weighted by Crippen LogP contribution is 2.38. The van der Waals surface area contributed by atoms with Gasteiger partial charge < -0.3 is 21.5 Å². The van der Waals surface area contributed by atoms with Crippen LogP contribution in [0.1, 0.15) is 27.2 Å². The molecule has 1 aliphatic heterocycles. The van der Waals surface area contributed by atoms with Crippen LogP contribution < -0.4 is 16.4 Å². The van der Waals surface area contributed by atoms with Gasteiger partial charge in [0.05, 0.1) is 41.4 Å². The average Bonchev–Trinajstić information content (AvgIpc) is 3.41. The lowest BCUT2D eigenvalue weighted by Gasteiger charge is -2.36. The van der Waals surface area contributed by atoms with E-state index in [1.807, 2.05) is 42.2 Å². The largest absolute Gasteiger partial charge is 0.396 e. The monoisotopic (exact) mass is 506 g/mol. The summed E-state index contributed by atoms with van der Waals surface area (Å²) < 4.78 is 0. The Morgan fingerprint density at radius 2 is 1.95 bits per heavy atom. The molecule has 190 valence electrons. The highest BCUT2D eigenvalue weighted by atomic mass is 16.3. The summed E-state index contributed by atoms with van der Waals surface area (Å²) in [6.45, 7) is 2.50. The molecule has 1 amide bonds. The van der Waals surface area contributed by atoms with E-state index >= 15 is 0 Å². The van der Waals surface area contributed by atoms with Crippen molar-refractivity contribution in [2.24, 2.45) is 5.73 Å². The maximum Gasteiger partial charge on any atom is 0.269 e. The molecule has 6 N–H and O–H groups in total. The number of nitrogens with one attached hydrogen (secondary N) is 1. The molecule has 10 nitrogen and oxygen atoms in total. The van der Waals surface area contributed by atoms with E-state index in [1.165, 1.54) is 11.1 Å². The first-order valence-corrected chi connectivity index (χ1v) is 12.3. The maximum absolute atomic E-state index is 12.4. The van der Waals surface area contributed by atoms with E-state index in [1.54, 1.807) is 18.5 Å². The van der Waals surface area contributed by atoms with Gasteiger partial charge in [0.1, 0.15) is 0 Å². The van der Waals surface area contributed by atoms with E-state index < -0.39 is 5.91 Å². The molecule has 10 heteroatoms. The zero-order chi connectivity index (χ0) is 26.4. The number of fused-ring (bicyclic) bond motifs is 2. The molecule has 0 bridgehead atoms. The number of aryl methyl sites for hydroxylation is 1. The smallest absolute Gasteiger partial charge is 0.269 e. The van der Waals surface area contributed by atoms with E-state index in [-0.39, 0.29) is 24.0 Å². The molecule has 38 heavy (non-hydrogen) atoms. The van der Waals surface area contributed by atoms with Crippen LogP contribution in [0.2, 0.25) is 0 Å². The molecular weight excluding hydrogens is 480 g/mol. The number of amides is 1. The van der Waals surface area contributed by atoms with Crippen LogP contribution in [0.3, 0.4) is 0 Å². The van der Waals surface area contributed by atoms with Gasteiger partial charge >= 0.3 is 0 Å². The number of benzene rings is 2. The molecule has 0 saturated heterocycles. The molecular formula is C28H26N8O2. The molecule has 0 saturated carbocycles. The van der Waals surface area contributed by atoms with Crippen LogP contribution in [0.25, 0.3) is 33.4 Å². The van der Waals surface area contributed by atoms with Crippen molar-refractivity contribution < 1.29 is 9.90 Å².